The van der Waals surface area contributed by atoms with Gasteiger partial charge >= 0.3 is 5.97 Å². The minimum Gasteiger partial charge on any atom is -0.469 e. The molecular weight excluding hydrogens is 423 g/mol. The van der Waals surface area contributed by atoms with Crippen LogP contribution < -0.4 is 10.6 Å². The molecule has 24 heavy (non-hydrogen) atoms. The zero-order chi connectivity index (χ0) is 18.5. The molecule has 0 saturated carbocycles. The molecular formula is C17H23IN2O4. The predicted octanol–water partition coefficient (Wildman–Crippen LogP) is 2.11. The Balaban J connectivity index is 2.66. The van der Waals surface area contributed by atoms with Gasteiger partial charge in [-0.05, 0) is 74.6 Å². The van der Waals surface area contributed by atoms with Gasteiger partial charge in [0.1, 0.15) is 6.04 Å². The van der Waals surface area contributed by atoms with Crippen LogP contribution >= 0.6 is 22.6 Å². The lowest BCUT2D eigenvalue weighted by molar-refractivity contribution is -0.152. The number of halogens is 1. The fourth-order valence-corrected chi connectivity index (χ4v) is 2.27. The van der Waals surface area contributed by atoms with E-state index in [0.717, 1.165) is 3.57 Å². The lowest BCUT2D eigenvalue weighted by atomic mass is 9.85. The SMILES string of the molecule is COC(=O)C(C)(C)[C@@H](C)NC(=O)[C@H](C)NC(=O)c1ccc(I)cc1. The Morgan fingerprint density at radius 1 is 1.08 bits per heavy atom. The molecule has 0 aromatic heterocycles. The second-order valence-electron chi connectivity index (χ2n) is 6.15. The standard InChI is InChI=1S/C17H23IN2O4/c1-10(19-15(22)12-6-8-13(18)9-7-12)14(21)20-11(2)17(3,4)16(23)24-5/h6-11H,1-5H3,(H,19,22)(H,20,21)/t10-,11+/m0/s1. The topological polar surface area (TPSA) is 84.5 Å². The second kappa shape index (κ2) is 8.46. The summed E-state index contributed by atoms with van der Waals surface area (Å²) in [4.78, 5) is 36.2. The van der Waals surface area contributed by atoms with Crippen LogP contribution in [0.5, 0.6) is 0 Å². The molecule has 0 radical (unpaired) electrons. The Kier molecular flexibility index (Phi) is 7.19. The summed E-state index contributed by atoms with van der Waals surface area (Å²) in [7, 11) is 1.31. The van der Waals surface area contributed by atoms with E-state index in [0.29, 0.717) is 5.56 Å². The summed E-state index contributed by atoms with van der Waals surface area (Å²) in [5.41, 5.74) is -0.387. The summed E-state index contributed by atoms with van der Waals surface area (Å²) in [5.74, 6) is -1.10. The quantitative estimate of drug-likeness (QED) is 0.518. The van der Waals surface area contributed by atoms with E-state index in [9.17, 15) is 14.4 Å². The van der Waals surface area contributed by atoms with Crippen molar-refractivity contribution in [2.45, 2.75) is 39.8 Å². The lowest BCUT2D eigenvalue weighted by Crippen LogP contribution is -2.53. The first-order valence-electron chi connectivity index (χ1n) is 7.54. The van der Waals surface area contributed by atoms with E-state index >= 15 is 0 Å². The van der Waals surface area contributed by atoms with Gasteiger partial charge in [-0.25, -0.2) is 0 Å². The number of ether oxygens (including phenoxy) is 1. The summed E-state index contributed by atoms with van der Waals surface area (Å²) in [6, 6.07) is 5.86. The second-order valence-corrected chi connectivity index (χ2v) is 7.39. The van der Waals surface area contributed by atoms with Gasteiger partial charge in [-0.15, -0.1) is 0 Å². The fraction of sp³-hybridized carbons (Fsp3) is 0.471. The van der Waals surface area contributed by atoms with Crippen LogP contribution in [0.3, 0.4) is 0 Å². The molecule has 132 valence electrons. The molecule has 0 spiro atoms. The van der Waals surface area contributed by atoms with Crippen molar-refractivity contribution in [3.63, 3.8) is 0 Å². The van der Waals surface area contributed by atoms with Gasteiger partial charge in [0.2, 0.25) is 5.91 Å². The highest BCUT2D eigenvalue weighted by Gasteiger charge is 2.36. The van der Waals surface area contributed by atoms with E-state index < -0.39 is 23.5 Å². The Bertz CT molecular complexity index is 614. The highest BCUT2D eigenvalue weighted by molar-refractivity contribution is 14.1. The molecule has 0 heterocycles. The van der Waals surface area contributed by atoms with Gasteiger partial charge in [0.15, 0.2) is 0 Å². The zero-order valence-electron chi connectivity index (χ0n) is 14.5. The summed E-state index contributed by atoms with van der Waals surface area (Å²) < 4.78 is 5.77. The Morgan fingerprint density at radius 3 is 2.12 bits per heavy atom. The van der Waals surface area contributed by atoms with Crippen molar-refractivity contribution in [3.8, 4) is 0 Å². The van der Waals surface area contributed by atoms with Crippen molar-refractivity contribution in [1.29, 1.82) is 0 Å². The van der Waals surface area contributed by atoms with Gasteiger partial charge in [-0.3, -0.25) is 14.4 Å². The van der Waals surface area contributed by atoms with Gasteiger partial charge in [-0.2, -0.15) is 0 Å². The van der Waals surface area contributed by atoms with Crippen molar-refractivity contribution >= 4 is 40.4 Å². The molecule has 0 aliphatic rings. The molecule has 0 bridgehead atoms. The monoisotopic (exact) mass is 446 g/mol. The first-order valence-corrected chi connectivity index (χ1v) is 8.62. The van der Waals surface area contributed by atoms with Gasteiger partial charge in [0.25, 0.3) is 5.91 Å². The molecule has 1 aromatic rings. The van der Waals surface area contributed by atoms with Crippen LogP contribution in [0, 0.1) is 8.99 Å². The minimum absolute atomic E-state index is 0.325. The minimum atomic E-state index is -0.871. The van der Waals surface area contributed by atoms with Crippen LogP contribution in [0.1, 0.15) is 38.1 Å². The fourth-order valence-electron chi connectivity index (χ4n) is 1.91. The van der Waals surface area contributed by atoms with E-state index in [2.05, 4.69) is 33.2 Å². The van der Waals surface area contributed by atoms with E-state index in [4.69, 9.17) is 4.74 Å². The summed E-state index contributed by atoms with van der Waals surface area (Å²) in [6.45, 7) is 6.71. The largest absolute Gasteiger partial charge is 0.469 e. The number of methoxy groups -OCH3 is 1. The summed E-state index contributed by atoms with van der Waals surface area (Å²) in [5, 5.41) is 5.39. The summed E-state index contributed by atoms with van der Waals surface area (Å²) >= 11 is 2.15. The smallest absolute Gasteiger partial charge is 0.313 e. The lowest BCUT2D eigenvalue weighted by Gasteiger charge is -2.30. The van der Waals surface area contributed by atoms with E-state index in [-0.39, 0.29) is 11.8 Å². The number of hydrogen-bond donors (Lipinski definition) is 2. The molecule has 7 heteroatoms. The maximum Gasteiger partial charge on any atom is 0.313 e. The first kappa shape index (κ1) is 20.4. The molecule has 0 aliphatic heterocycles. The molecule has 2 N–H and O–H groups in total. The average molecular weight is 446 g/mol. The van der Waals surface area contributed by atoms with Crippen LogP contribution in [0.25, 0.3) is 0 Å². The van der Waals surface area contributed by atoms with Crippen molar-refractivity contribution in [1.82, 2.24) is 10.6 Å². The molecule has 0 saturated heterocycles. The number of nitrogens with one attached hydrogen (secondary N) is 2. The third-order valence-corrected chi connectivity index (χ3v) is 4.72. The number of hydrogen-bond acceptors (Lipinski definition) is 4. The normalized spacial score (nSPS) is 13.6. The molecule has 0 aliphatic carbocycles. The highest BCUT2D eigenvalue weighted by atomic mass is 127. The van der Waals surface area contributed by atoms with Gasteiger partial charge < -0.3 is 15.4 Å². The van der Waals surface area contributed by atoms with Gasteiger partial charge in [0, 0.05) is 15.2 Å². The number of carbonyl (C=O) groups is 3. The number of esters is 1. The highest BCUT2D eigenvalue weighted by Crippen LogP contribution is 2.22. The molecule has 1 rings (SSSR count). The Labute approximate surface area is 155 Å². The van der Waals surface area contributed by atoms with Crippen LogP contribution in [0.15, 0.2) is 24.3 Å². The zero-order valence-corrected chi connectivity index (χ0v) is 16.6. The van der Waals surface area contributed by atoms with E-state index in [1.807, 2.05) is 12.1 Å². The number of benzene rings is 1. The van der Waals surface area contributed by atoms with E-state index in [1.165, 1.54) is 7.11 Å². The maximum atomic E-state index is 12.3. The molecule has 0 fully saturated rings. The number of rotatable bonds is 6. The van der Waals surface area contributed by atoms with Crippen molar-refractivity contribution in [2.75, 3.05) is 7.11 Å². The molecule has 0 unspecified atom stereocenters. The third-order valence-electron chi connectivity index (χ3n) is 4.00. The number of amides is 2. The van der Waals surface area contributed by atoms with Crippen LogP contribution in [-0.4, -0.2) is 37.0 Å². The molecule has 2 atom stereocenters. The molecule has 1 aromatic carbocycles. The van der Waals surface area contributed by atoms with Crippen LogP contribution in [0.4, 0.5) is 0 Å². The first-order chi connectivity index (χ1) is 11.1. The molecule has 6 nitrogen and oxygen atoms in total. The predicted molar refractivity (Wildman–Crippen MR) is 99.5 cm³/mol. The van der Waals surface area contributed by atoms with Gasteiger partial charge in [-0.1, -0.05) is 0 Å². The van der Waals surface area contributed by atoms with Crippen LogP contribution in [0.2, 0.25) is 0 Å². The van der Waals surface area contributed by atoms with Crippen molar-refractivity contribution < 1.29 is 19.1 Å². The van der Waals surface area contributed by atoms with E-state index in [1.54, 1.807) is 39.8 Å². The number of carbonyl (C=O) groups excluding carboxylic acids is 3. The van der Waals surface area contributed by atoms with Crippen molar-refractivity contribution in [3.05, 3.63) is 33.4 Å². The average Bonchev–Trinajstić information content (AvgIpc) is 2.54. The van der Waals surface area contributed by atoms with Crippen LogP contribution in [-0.2, 0) is 14.3 Å². The Hall–Kier alpha value is -1.64. The summed E-state index contributed by atoms with van der Waals surface area (Å²) in [6.07, 6.45) is 0. The van der Waals surface area contributed by atoms with Gasteiger partial charge in [0.05, 0.1) is 12.5 Å². The maximum absolute atomic E-state index is 12.3. The Morgan fingerprint density at radius 2 is 1.62 bits per heavy atom. The molecule has 2 amide bonds. The third kappa shape index (κ3) is 5.19. The van der Waals surface area contributed by atoms with Crippen molar-refractivity contribution in [2.24, 2.45) is 5.41 Å².